The zero-order valence-electron chi connectivity index (χ0n) is 12.5. The maximum atomic E-state index is 12.2. The van der Waals surface area contributed by atoms with Crippen LogP contribution in [-0.2, 0) is 9.53 Å². The predicted octanol–water partition coefficient (Wildman–Crippen LogP) is 2.76. The highest BCUT2D eigenvalue weighted by Gasteiger charge is 2.23. The molecule has 0 aliphatic carbocycles. The fourth-order valence-corrected chi connectivity index (χ4v) is 2.44. The summed E-state index contributed by atoms with van der Waals surface area (Å²) in [5.74, 6) is -0.752. The van der Waals surface area contributed by atoms with Gasteiger partial charge in [-0.2, -0.15) is 0 Å². The number of carbonyl (C=O) groups excluding carboxylic acids is 2. The summed E-state index contributed by atoms with van der Waals surface area (Å²) in [4.78, 5) is 28.2. The van der Waals surface area contributed by atoms with Gasteiger partial charge in [-0.3, -0.25) is 4.79 Å². The first kappa shape index (κ1) is 15.4. The van der Waals surface area contributed by atoms with Gasteiger partial charge in [0, 0.05) is 5.56 Å². The van der Waals surface area contributed by atoms with Crippen LogP contribution in [0, 0.1) is 0 Å². The molecule has 1 aromatic heterocycles. The Bertz CT molecular complexity index is 673. The van der Waals surface area contributed by atoms with Gasteiger partial charge in [0.1, 0.15) is 11.6 Å². The fraction of sp³-hybridized carbons (Fsp3) is 0.400. The van der Waals surface area contributed by atoms with Crippen molar-refractivity contribution in [3.8, 4) is 0 Å². The largest absolute Gasteiger partial charge is 0.458 e. The van der Waals surface area contributed by atoms with E-state index in [0.29, 0.717) is 5.56 Å². The molecule has 0 saturated carbocycles. The molecule has 6 heteroatoms. The Hall–Kier alpha value is -1.95. The Balaban J connectivity index is 2.04. The number of aromatic nitrogens is 1. The molecule has 1 aromatic carbocycles. The third-order valence-electron chi connectivity index (χ3n) is 2.70. The van der Waals surface area contributed by atoms with E-state index in [1.165, 1.54) is 11.3 Å². The number of carbonyl (C=O) groups is 2. The van der Waals surface area contributed by atoms with Crippen LogP contribution in [0.25, 0.3) is 10.2 Å². The van der Waals surface area contributed by atoms with Crippen molar-refractivity contribution < 1.29 is 14.3 Å². The molecule has 0 fully saturated rings. The lowest BCUT2D eigenvalue weighted by atomic mass is 10.1. The third kappa shape index (κ3) is 4.01. The van der Waals surface area contributed by atoms with Crippen LogP contribution in [0.1, 0.15) is 38.1 Å². The number of nitrogens with zero attached hydrogens (tertiary/aromatic N) is 1. The average Bonchev–Trinajstić information content (AvgIpc) is 2.83. The van der Waals surface area contributed by atoms with E-state index in [4.69, 9.17) is 4.74 Å². The summed E-state index contributed by atoms with van der Waals surface area (Å²) in [6, 6.07) is 4.55. The fourth-order valence-electron chi connectivity index (χ4n) is 1.73. The summed E-state index contributed by atoms with van der Waals surface area (Å²) in [6.07, 6.45) is 0. The van der Waals surface area contributed by atoms with E-state index in [1.54, 1.807) is 51.4 Å². The highest BCUT2D eigenvalue weighted by molar-refractivity contribution is 7.16. The van der Waals surface area contributed by atoms with Crippen LogP contribution in [0.5, 0.6) is 0 Å². The molecule has 1 atom stereocenters. The summed E-state index contributed by atoms with van der Waals surface area (Å²) in [6.45, 7) is 6.97. The van der Waals surface area contributed by atoms with Gasteiger partial charge in [-0.1, -0.05) is 0 Å². The van der Waals surface area contributed by atoms with Gasteiger partial charge in [0.05, 0.1) is 15.7 Å². The van der Waals surface area contributed by atoms with Gasteiger partial charge in [-0.25, -0.2) is 9.78 Å². The van der Waals surface area contributed by atoms with Gasteiger partial charge in [-0.05, 0) is 45.9 Å². The highest BCUT2D eigenvalue weighted by atomic mass is 32.1. The van der Waals surface area contributed by atoms with Gasteiger partial charge in [0.2, 0.25) is 0 Å². The van der Waals surface area contributed by atoms with Crippen LogP contribution in [0.4, 0.5) is 0 Å². The van der Waals surface area contributed by atoms with Gasteiger partial charge >= 0.3 is 5.97 Å². The first-order valence-corrected chi connectivity index (χ1v) is 7.51. The maximum Gasteiger partial charge on any atom is 0.328 e. The van der Waals surface area contributed by atoms with Crippen molar-refractivity contribution in [2.75, 3.05) is 0 Å². The van der Waals surface area contributed by atoms with Crippen LogP contribution in [0.2, 0.25) is 0 Å². The Labute approximate surface area is 127 Å². The summed E-state index contributed by atoms with van der Waals surface area (Å²) in [5.41, 5.74) is 2.52. The second-order valence-electron chi connectivity index (χ2n) is 5.76. The van der Waals surface area contributed by atoms with E-state index < -0.39 is 17.6 Å². The minimum atomic E-state index is -0.700. The van der Waals surface area contributed by atoms with E-state index in [0.717, 1.165) is 10.2 Å². The molecule has 0 aliphatic rings. The minimum Gasteiger partial charge on any atom is -0.458 e. The van der Waals surface area contributed by atoms with Gasteiger partial charge < -0.3 is 10.1 Å². The normalized spacial score (nSPS) is 13.0. The van der Waals surface area contributed by atoms with Crippen molar-refractivity contribution in [1.29, 1.82) is 0 Å². The highest BCUT2D eigenvalue weighted by Crippen LogP contribution is 2.19. The summed E-state index contributed by atoms with van der Waals surface area (Å²) < 4.78 is 6.17. The molecular formula is C15H18N2O3S. The lowest BCUT2D eigenvalue weighted by Gasteiger charge is -2.22. The van der Waals surface area contributed by atoms with Gasteiger partial charge in [0.25, 0.3) is 5.91 Å². The van der Waals surface area contributed by atoms with E-state index in [1.807, 2.05) is 0 Å². The number of amides is 1. The Morgan fingerprint density at radius 3 is 2.71 bits per heavy atom. The molecule has 0 radical (unpaired) electrons. The summed E-state index contributed by atoms with van der Waals surface area (Å²) in [7, 11) is 0. The molecule has 2 aromatic rings. The molecule has 0 saturated heterocycles. The van der Waals surface area contributed by atoms with Crippen LogP contribution in [0.15, 0.2) is 23.7 Å². The Morgan fingerprint density at radius 2 is 2.05 bits per heavy atom. The smallest absolute Gasteiger partial charge is 0.328 e. The number of nitrogens with one attached hydrogen (secondary N) is 1. The molecule has 0 bridgehead atoms. The first-order chi connectivity index (χ1) is 9.76. The topological polar surface area (TPSA) is 68.3 Å². The Morgan fingerprint density at radius 1 is 1.33 bits per heavy atom. The second kappa shape index (κ2) is 5.81. The molecular weight excluding hydrogens is 288 g/mol. The third-order valence-corrected chi connectivity index (χ3v) is 3.49. The number of benzene rings is 1. The lowest BCUT2D eigenvalue weighted by molar-refractivity contribution is -0.156. The van der Waals surface area contributed by atoms with Crippen molar-refractivity contribution in [2.45, 2.75) is 39.3 Å². The molecule has 21 heavy (non-hydrogen) atoms. The number of hydrogen-bond acceptors (Lipinski definition) is 5. The lowest BCUT2D eigenvalue weighted by Crippen LogP contribution is -2.42. The van der Waals surface area contributed by atoms with Crippen molar-refractivity contribution in [1.82, 2.24) is 10.3 Å². The SMILES string of the molecule is C[C@@H](NC(=O)c1ccc2ncsc2c1)C(=O)OC(C)(C)C. The first-order valence-electron chi connectivity index (χ1n) is 6.63. The average molecular weight is 306 g/mol. The Kier molecular flexibility index (Phi) is 4.27. The van der Waals surface area contributed by atoms with E-state index in [-0.39, 0.29) is 5.91 Å². The number of thiazole rings is 1. The molecule has 1 heterocycles. The van der Waals surface area contributed by atoms with E-state index >= 15 is 0 Å². The minimum absolute atomic E-state index is 0.302. The van der Waals surface area contributed by atoms with Crippen molar-refractivity contribution in [3.63, 3.8) is 0 Å². The molecule has 0 spiro atoms. The number of esters is 1. The zero-order valence-corrected chi connectivity index (χ0v) is 13.3. The second-order valence-corrected chi connectivity index (χ2v) is 6.65. The number of fused-ring (bicyclic) bond motifs is 1. The summed E-state index contributed by atoms with van der Waals surface area (Å²) >= 11 is 1.47. The van der Waals surface area contributed by atoms with Crippen molar-refractivity contribution in [3.05, 3.63) is 29.3 Å². The van der Waals surface area contributed by atoms with E-state index in [9.17, 15) is 9.59 Å². The monoisotopic (exact) mass is 306 g/mol. The molecule has 2 rings (SSSR count). The predicted molar refractivity (Wildman–Crippen MR) is 82.4 cm³/mol. The summed E-state index contributed by atoms with van der Waals surface area (Å²) in [5, 5.41) is 2.65. The quantitative estimate of drug-likeness (QED) is 0.885. The number of ether oxygens (including phenoxy) is 1. The standard InChI is InChI=1S/C15H18N2O3S/c1-9(14(19)20-15(2,3)4)17-13(18)10-5-6-11-12(7-10)21-8-16-11/h5-9H,1-4H3,(H,17,18)/t9-/m1/s1. The van der Waals surface area contributed by atoms with Crippen LogP contribution in [0.3, 0.4) is 0 Å². The molecule has 0 aliphatic heterocycles. The molecule has 1 N–H and O–H groups in total. The molecule has 5 nitrogen and oxygen atoms in total. The van der Waals surface area contributed by atoms with Gasteiger partial charge in [-0.15, -0.1) is 11.3 Å². The molecule has 112 valence electrons. The molecule has 1 amide bonds. The van der Waals surface area contributed by atoms with E-state index in [2.05, 4.69) is 10.3 Å². The number of rotatable bonds is 3. The van der Waals surface area contributed by atoms with Crippen molar-refractivity contribution >= 4 is 33.4 Å². The van der Waals surface area contributed by atoms with Crippen LogP contribution in [-0.4, -0.2) is 28.5 Å². The zero-order chi connectivity index (χ0) is 15.6. The number of hydrogen-bond donors (Lipinski definition) is 1. The molecule has 0 unspecified atom stereocenters. The van der Waals surface area contributed by atoms with Crippen molar-refractivity contribution in [2.24, 2.45) is 0 Å². The van der Waals surface area contributed by atoms with Crippen LogP contribution < -0.4 is 5.32 Å². The van der Waals surface area contributed by atoms with Crippen LogP contribution >= 0.6 is 11.3 Å². The maximum absolute atomic E-state index is 12.2. The van der Waals surface area contributed by atoms with Gasteiger partial charge in [0.15, 0.2) is 0 Å².